The molecular weight excluding hydrogens is 326 g/mol. The molecule has 0 unspecified atom stereocenters. The summed E-state index contributed by atoms with van der Waals surface area (Å²) in [7, 11) is 0. The number of rotatable bonds is 2. The lowest BCUT2D eigenvalue weighted by Crippen LogP contribution is -2.30. The van der Waals surface area contributed by atoms with Gasteiger partial charge in [0.05, 0.1) is 28.7 Å². The molecular formula is C18H12ClN3O2. The summed E-state index contributed by atoms with van der Waals surface area (Å²) in [5.41, 5.74) is 2.78. The number of nitrogens with zero attached hydrogens (tertiary/aromatic N) is 3. The number of fused-ring (bicyclic) bond motifs is 1. The maximum absolute atomic E-state index is 12.7. The molecule has 1 aliphatic heterocycles. The molecule has 1 aromatic heterocycles. The number of hydrogen-bond acceptors (Lipinski definition) is 3. The third-order valence-corrected chi connectivity index (χ3v) is 4.17. The molecule has 0 spiro atoms. The van der Waals surface area contributed by atoms with Gasteiger partial charge in [0.15, 0.2) is 0 Å². The molecule has 24 heavy (non-hydrogen) atoms. The number of anilines is 1. The normalized spacial score (nSPS) is 13.5. The Bertz CT molecular complexity index is 958. The van der Waals surface area contributed by atoms with Gasteiger partial charge in [0, 0.05) is 11.2 Å². The Balaban J connectivity index is 1.90. The monoisotopic (exact) mass is 337 g/mol. The highest BCUT2D eigenvalue weighted by molar-refractivity contribution is 6.36. The van der Waals surface area contributed by atoms with Crippen LogP contribution in [-0.2, 0) is 0 Å². The zero-order valence-electron chi connectivity index (χ0n) is 12.7. The number of carbonyl (C=O) groups excluding carboxylic acids is 2. The Labute approximate surface area is 143 Å². The van der Waals surface area contributed by atoms with Crippen molar-refractivity contribution in [3.63, 3.8) is 0 Å². The average Bonchev–Trinajstić information content (AvgIpc) is 3.10. The number of benzene rings is 2. The third kappa shape index (κ3) is 2.13. The molecule has 0 fully saturated rings. The van der Waals surface area contributed by atoms with E-state index < -0.39 is 0 Å². The van der Waals surface area contributed by atoms with Crippen LogP contribution >= 0.6 is 11.6 Å². The van der Waals surface area contributed by atoms with Crippen molar-refractivity contribution in [2.45, 2.75) is 6.92 Å². The SMILES string of the molecule is Cc1cnn(-c2ccc(Cl)cc2N2C(=O)c3ccccc3C2=O)c1. The summed E-state index contributed by atoms with van der Waals surface area (Å²) >= 11 is 6.12. The predicted octanol–water partition coefficient (Wildman–Crippen LogP) is 3.63. The zero-order chi connectivity index (χ0) is 16.8. The van der Waals surface area contributed by atoms with Crippen molar-refractivity contribution in [1.29, 1.82) is 0 Å². The van der Waals surface area contributed by atoms with Crippen molar-refractivity contribution in [1.82, 2.24) is 9.78 Å². The fourth-order valence-corrected chi connectivity index (χ4v) is 2.99. The molecule has 0 saturated carbocycles. The maximum Gasteiger partial charge on any atom is 0.266 e. The molecule has 5 nitrogen and oxygen atoms in total. The molecule has 0 saturated heterocycles. The molecule has 3 aromatic rings. The average molecular weight is 338 g/mol. The van der Waals surface area contributed by atoms with E-state index in [-0.39, 0.29) is 11.8 Å². The number of hydrogen-bond donors (Lipinski definition) is 0. The highest BCUT2D eigenvalue weighted by Crippen LogP contribution is 2.34. The van der Waals surface area contributed by atoms with Crippen LogP contribution in [0.4, 0.5) is 5.69 Å². The van der Waals surface area contributed by atoms with E-state index in [2.05, 4.69) is 5.10 Å². The van der Waals surface area contributed by atoms with Gasteiger partial charge < -0.3 is 0 Å². The molecule has 2 aromatic carbocycles. The highest BCUT2D eigenvalue weighted by atomic mass is 35.5. The second-order valence-corrected chi connectivity index (χ2v) is 6.02. The molecule has 4 rings (SSSR count). The van der Waals surface area contributed by atoms with Crippen LogP contribution in [0.15, 0.2) is 54.9 Å². The Morgan fingerprint density at radius 2 is 1.62 bits per heavy atom. The standard InChI is InChI=1S/C18H12ClN3O2/c1-11-9-20-21(10-11)15-7-6-12(19)8-16(15)22-17(23)13-4-2-3-5-14(13)18(22)24/h2-10H,1H3. The first kappa shape index (κ1) is 14.7. The highest BCUT2D eigenvalue weighted by Gasteiger charge is 2.37. The number of halogens is 1. The fourth-order valence-electron chi connectivity index (χ4n) is 2.82. The summed E-state index contributed by atoms with van der Waals surface area (Å²) in [6.07, 6.45) is 3.53. The van der Waals surface area contributed by atoms with Crippen LogP contribution in [0.5, 0.6) is 0 Å². The summed E-state index contributed by atoms with van der Waals surface area (Å²) in [4.78, 5) is 26.6. The van der Waals surface area contributed by atoms with Crippen LogP contribution in [0.25, 0.3) is 5.69 Å². The van der Waals surface area contributed by atoms with E-state index >= 15 is 0 Å². The van der Waals surface area contributed by atoms with Crippen molar-refractivity contribution in [3.05, 3.63) is 76.6 Å². The predicted molar refractivity (Wildman–Crippen MR) is 90.9 cm³/mol. The van der Waals surface area contributed by atoms with E-state index in [1.165, 1.54) is 0 Å². The third-order valence-electron chi connectivity index (χ3n) is 3.93. The van der Waals surface area contributed by atoms with Gasteiger partial charge in [0.1, 0.15) is 0 Å². The smallest absolute Gasteiger partial charge is 0.266 e. The van der Waals surface area contributed by atoms with Gasteiger partial charge in [-0.15, -0.1) is 0 Å². The van der Waals surface area contributed by atoms with E-state index in [1.807, 2.05) is 13.1 Å². The minimum Gasteiger partial charge on any atom is -0.268 e. The minimum atomic E-state index is -0.358. The number of aryl methyl sites for hydroxylation is 1. The first-order valence-corrected chi connectivity index (χ1v) is 7.73. The van der Waals surface area contributed by atoms with E-state index in [0.29, 0.717) is 27.5 Å². The molecule has 0 atom stereocenters. The molecule has 0 aliphatic carbocycles. The molecule has 6 heteroatoms. The summed E-state index contributed by atoms with van der Waals surface area (Å²) in [6, 6.07) is 11.8. The van der Waals surface area contributed by atoms with Crippen LogP contribution in [0.1, 0.15) is 26.3 Å². The van der Waals surface area contributed by atoms with Gasteiger partial charge in [-0.05, 0) is 42.8 Å². The van der Waals surface area contributed by atoms with Gasteiger partial charge in [-0.1, -0.05) is 23.7 Å². The second-order valence-electron chi connectivity index (χ2n) is 5.59. The Morgan fingerprint density at radius 1 is 0.958 bits per heavy atom. The molecule has 2 heterocycles. The largest absolute Gasteiger partial charge is 0.268 e. The van der Waals surface area contributed by atoms with Crippen LogP contribution in [0, 0.1) is 6.92 Å². The van der Waals surface area contributed by atoms with Crippen molar-refractivity contribution >= 4 is 29.1 Å². The molecule has 0 bridgehead atoms. The van der Waals surface area contributed by atoms with Crippen molar-refractivity contribution in [3.8, 4) is 5.69 Å². The molecule has 0 N–H and O–H groups in total. The first-order valence-electron chi connectivity index (χ1n) is 7.35. The van der Waals surface area contributed by atoms with Crippen molar-refractivity contribution in [2.24, 2.45) is 0 Å². The van der Waals surface area contributed by atoms with Crippen molar-refractivity contribution < 1.29 is 9.59 Å². The van der Waals surface area contributed by atoms with Crippen LogP contribution < -0.4 is 4.90 Å². The van der Waals surface area contributed by atoms with Crippen LogP contribution in [0.3, 0.4) is 0 Å². The lowest BCUT2D eigenvalue weighted by molar-refractivity contribution is 0.0926. The summed E-state index contributed by atoms with van der Waals surface area (Å²) < 4.78 is 1.63. The van der Waals surface area contributed by atoms with E-state index in [9.17, 15) is 9.59 Å². The lowest BCUT2D eigenvalue weighted by Gasteiger charge is -2.18. The van der Waals surface area contributed by atoms with Gasteiger partial charge in [-0.2, -0.15) is 5.10 Å². The zero-order valence-corrected chi connectivity index (χ0v) is 13.5. The quantitative estimate of drug-likeness (QED) is 0.671. The van der Waals surface area contributed by atoms with Gasteiger partial charge in [-0.3, -0.25) is 9.59 Å². The van der Waals surface area contributed by atoms with Gasteiger partial charge in [0.25, 0.3) is 11.8 Å². The fraction of sp³-hybridized carbons (Fsp3) is 0.0556. The topological polar surface area (TPSA) is 55.2 Å². The molecule has 2 amide bonds. The number of carbonyl (C=O) groups is 2. The first-order chi connectivity index (χ1) is 11.6. The molecule has 0 radical (unpaired) electrons. The summed E-state index contributed by atoms with van der Waals surface area (Å²) in [5.74, 6) is -0.717. The van der Waals surface area contributed by atoms with Gasteiger partial charge >= 0.3 is 0 Å². The summed E-state index contributed by atoms with van der Waals surface area (Å²) in [5, 5.41) is 4.71. The van der Waals surface area contributed by atoms with E-state index in [4.69, 9.17) is 11.6 Å². The Morgan fingerprint density at radius 3 is 2.21 bits per heavy atom. The van der Waals surface area contributed by atoms with Crippen LogP contribution in [-0.4, -0.2) is 21.6 Å². The van der Waals surface area contributed by atoms with E-state index in [1.54, 1.807) is 53.3 Å². The van der Waals surface area contributed by atoms with E-state index in [0.717, 1.165) is 10.5 Å². The van der Waals surface area contributed by atoms with Gasteiger partial charge in [0.2, 0.25) is 0 Å². The second kappa shape index (κ2) is 5.32. The number of aromatic nitrogens is 2. The number of imide groups is 1. The molecule has 1 aliphatic rings. The van der Waals surface area contributed by atoms with Crippen LogP contribution in [0.2, 0.25) is 5.02 Å². The van der Waals surface area contributed by atoms with Gasteiger partial charge in [-0.25, -0.2) is 9.58 Å². The molecule has 118 valence electrons. The van der Waals surface area contributed by atoms with Crippen molar-refractivity contribution in [2.75, 3.05) is 4.90 Å². The summed E-state index contributed by atoms with van der Waals surface area (Å²) in [6.45, 7) is 1.92. The lowest BCUT2D eigenvalue weighted by atomic mass is 10.1. The minimum absolute atomic E-state index is 0.358. The Hall–Kier alpha value is -2.92. The maximum atomic E-state index is 12.7. The number of amides is 2. The Kier molecular flexibility index (Phi) is 3.25.